The summed E-state index contributed by atoms with van der Waals surface area (Å²) in [4.78, 5) is 29.2. The molecule has 0 radical (unpaired) electrons. The van der Waals surface area contributed by atoms with E-state index in [4.69, 9.17) is 4.74 Å². The standard InChI is InChI=1S/C22H25N3O3S/c1-15-8-9-17(14-16(15)2)23-21(27)25-11-13-29-22(25)18-6-4-5-7-19(18)24(20(22)26)10-12-28-3/h4-9,14H,10-13H2,1-3H3,(H,23,27). The highest BCUT2D eigenvalue weighted by Crippen LogP contribution is 2.54. The fraction of sp³-hybridized carbons (Fsp3) is 0.364. The molecule has 29 heavy (non-hydrogen) atoms. The van der Waals surface area contributed by atoms with E-state index in [2.05, 4.69) is 5.32 Å². The Morgan fingerprint density at radius 1 is 1.21 bits per heavy atom. The molecule has 2 heterocycles. The van der Waals surface area contributed by atoms with Gasteiger partial charge < -0.3 is 15.0 Å². The summed E-state index contributed by atoms with van der Waals surface area (Å²) in [6, 6.07) is 13.3. The van der Waals surface area contributed by atoms with Gasteiger partial charge in [0.2, 0.25) is 0 Å². The first-order valence-electron chi connectivity index (χ1n) is 9.69. The molecule has 4 rings (SSSR count). The van der Waals surface area contributed by atoms with Gasteiger partial charge in [-0.2, -0.15) is 0 Å². The minimum atomic E-state index is -1.02. The summed E-state index contributed by atoms with van der Waals surface area (Å²) in [6.45, 7) is 5.47. The predicted octanol–water partition coefficient (Wildman–Crippen LogP) is 3.73. The first kappa shape index (κ1) is 19.8. The lowest BCUT2D eigenvalue weighted by Crippen LogP contribution is -2.52. The number of ether oxygens (including phenoxy) is 1. The zero-order chi connectivity index (χ0) is 20.6. The van der Waals surface area contributed by atoms with Crippen molar-refractivity contribution in [1.82, 2.24) is 4.90 Å². The molecule has 7 heteroatoms. The highest BCUT2D eigenvalue weighted by molar-refractivity contribution is 8.01. The topological polar surface area (TPSA) is 61.9 Å². The summed E-state index contributed by atoms with van der Waals surface area (Å²) in [5.74, 6) is 0.631. The number of carbonyl (C=O) groups excluding carboxylic acids is 2. The van der Waals surface area contributed by atoms with Crippen LogP contribution < -0.4 is 10.2 Å². The van der Waals surface area contributed by atoms with Crippen molar-refractivity contribution in [2.45, 2.75) is 18.7 Å². The number of para-hydroxylation sites is 1. The second kappa shape index (κ2) is 7.72. The van der Waals surface area contributed by atoms with Crippen LogP contribution in [0.15, 0.2) is 42.5 Å². The number of fused-ring (bicyclic) bond motifs is 2. The fourth-order valence-corrected chi connectivity index (χ4v) is 5.44. The lowest BCUT2D eigenvalue weighted by atomic mass is 10.1. The summed E-state index contributed by atoms with van der Waals surface area (Å²) in [5, 5.41) is 2.99. The smallest absolute Gasteiger partial charge is 0.323 e. The van der Waals surface area contributed by atoms with E-state index in [1.54, 1.807) is 16.9 Å². The summed E-state index contributed by atoms with van der Waals surface area (Å²) < 4.78 is 5.20. The lowest BCUT2D eigenvalue weighted by Gasteiger charge is -2.33. The minimum absolute atomic E-state index is 0.0755. The number of hydrogen-bond acceptors (Lipinski definition) is 4. The summed E-state index contributed by atoms with van der Waals surface area (Å²) >= 11 is 1.53. The van der Waals surface area contributed by atoms with E-state index in [0.717, 1.165) is 22.5 Å². The molecule has 1 spiro atoms. The number of anilines is 2. The number of benzene rings is 2. The average molecular weight is 412 g/mol. The van der Waals surface area contributed by atoms with Crippen LogP contribution in [0.3, 0.4) is 0 Å². The normalized spacial score (nSPS) is 20.4. The molecule has 1 N–H and O–H groups in total. The second-order valence-electron chi connectivity index (χ2n) is 7.34. The Hall–Kier alpha value is -2.51. The van der Waals surface area contributed by atoms with Crippen LogP contribution >= 0.6 is 11.8 Å². The third-order valence-electron chi connectivity index (χ3n) is 5.62. The van der Waals surface area contributed by atoms with Crippen LogP contribution in [-0.2, 0) is 14.4 Å². The average Bonchev–Trinajstić information content (AvgIpc) is 3.26. The van der Waals surface area contributed by atoms with Crippen molar-refractivity contribution in [1.29, 1.82) is 0 Å². The van der Waals surface area contributed by atoms with Crippen molar-refractivity contribution >= 4 is 35.1 Å². The van der Waals surface area contributed by atoms with E-state index in [9.17, 15) is 9.59 Å². The molecule has 0 bridgehead atoms. The maximum absolute atomic E-state index is 13.6. The number of urea groups is 1. The number of methoxy groups -OCH3 is 1. The molecular weight excluding hydrogens is 386 g/mol. The highest BCUT2D eigenvalue weighted by Gasteiger charge is 2.59. The van der Waals surface area contributed by atoms with Crippen molar-refractivity contribution in [2.24, 2.45) is 0 Å². The molecule has 2 aliphatic heterocycles. The van der Waals surface area contributed by atoms with Gasteiger partial charge in [-0.25, -0.2) is 4.79 Å². The molecule has 1 unspecified atom stereocenters. The summed E-state index contributed by atoms with van der Waals surface area (Å²) in [5.41, 5.74) is 4.75. The first-order valence-corrected chi connectivity index (χ1v) is 10.7. The van der Waals surface area contributed by atoms with Crippen molar-refractivity contribution < 1.29 is 14.3 Å². The van der Waals surface area contributed by atoms with E-state index >= 15 is 0 Å². The van der Waals surface area contributed by atoms with Gasteiger partial charge >= 0.3 is 6.03 Å². The van der Waals surface area contributed by atoms with Gasteiger partial charge in [-0.15, -0.1) is 11.8 Å². The van der Waals surface area contributed by atoms with E-state index in [1.807, 2.05) is 56.3 Å². The molecule has 152 valence electrons. The zero-order valence-corrected chi connectivity index (χ0v) is 17.7. The Morgan fingerprint density at radius 3 is 2.76 bits per heavy atom. The molecule has 1 saturated heterocycles. The Labute approximate surface area is 175 Å². The Balaban J connectivity index is 1.68. The molecule has 2 aliphatic rings. The van der Waals surface area contributed by atoms with Gasteiger partial charge in [0.15, 0.2) is 4.87 Å². The van der Waals surface area contributed by atoms with Crippen molar-refractivity contribution in [3.8, 4) is 0 Å². The van der Waals surface area contributed by atoms with E-state index < -0.39 is 4.87 Å². The quantitative estimate of drug-likeness (QED) is 0.833. The number of aryl methyl sites for hydroxylation is 2. The lowest BCUT2D eigenvalue weighted by molar-refractivity contribution is -0.123. The van der Waals surface area contributed by atoms with Crippen molar-refractivity contribution in [3.05, 3.63) is 59.2 Å². The number of nitrogens with zero attached hydrogens (tertiary/aromatic N) is 2. The summed E-state index contributed by atoms with van der Waals surface area (Å²) in [6.07, 6.45) is 0. The highest BCUT2D eigenvalue weighted by atomic mass is 32.2. The molecule has 2 aromatic carbocycles. The molecule has 0 aliphatic carbocycles. The van der Waals surface area contributed by atoms with Gasteiger partial charge in [0.25, 0.3) is 5.91 Å². The molecule has 3 amide bonds. The van der Waals surface area contributed by atoms with Crippen LogP contribution in [-0.4, -0.2) is 49.4 Å². The number of nitrogens with one attached hydrogen (secondary N) is 1. The van der Waals surface area contributed by atoms with Gasteiger partial charge in [0.1, 0.15) is 0 Å². The SMILES string of the molecule is COCCN1C(=O)C2(SCCN2C(=O)Nc2ccc(C)c(C)c2)c2ccccc21. The van der Waals surface area contributed by atoms with Crippen molar-refractivity contribution in [2.75, 3.05) is 42.8 Å². The van der Waals surface area contributed by atoms with Crippen LogP contribution in [0, 0.1) is 13.8 Å². The molecular formula is C22H25N3O3S. The van der Waals surface area contributed by atoms with E-state index in [1.165, 1.54) is 17.3 Å². The second-order valence-corrected chi connectivity index (χ2v) is 8.63. The Morgan fingerprint density at radius 2 is 2.00 bits per heavy atom. The van der Waals surface area contributed by atoms with E-state index in [0.29, 0.717) is 25.4 Å². The molecule has 6 nitrogen and oxygen atoms in total. The molecule has 0 saturated carbocycles. The fourth-order valence-electron chi connectivity index (χ4n) is 3.98. The number of carbonyl (C=O) groups is 2. The molecule has 1 fully saturated rings. The summed E-state index contributed by atoms with van der Waals surface area (Å²) in [7, 11) is 1.62. The number of thioether (sulfide) groups is 1. The monoisotopic (exact) mass is 411 g/mol. The van der Waals surface area contributed by atoms with Crippen LogP contribution in [0.5, 0.6) is 0 Å². The van der Waals surface area contributed by atoms with Crippen LogP contribution in [0.2, 0.25) is 0 Å². The molecule has 2 aromatic rings. The minimum Gasteiger partial charge on any atom is -0.383 e. The van der Waals surface area contributed by atoms with Gasteiger partial charge in [-0.3, -0.25) is 9.69 Å². The number of amides is 3. The Bertz CT molecular complexity index is 964. The molecule has 1 atom stereocenters. The van der Waals surface area contributed by atoms with Crippen molar-refractivity contribution in [3.63, 3.8) is 0 Å². The van der Waals surface area contributed by atoms with Gasteiger partial charge in [-0.1, -0.05) is 24.3 Å². The predicted molar refractivity (Wildman–Crippen MR) is 116 cm³/mol. The maximum atomic E-state index is 13.6. The zero-order valence-electron chi connectivity index (χ0n) is 16.9. The maximum Gasteiger partial charge on any atom is 0.323 e. The third-order valence-corrected chi connectivity index (χ3v) is 7.04. The first-order chi connectivity index (χ1) is 14.0. The van der Waals surface area contributed by atoms with E-state index in [-0.39, 0.29) is 11.9 Å². The number of rotatable bonds is 4. The van der Waals surface area contributed by atoms with Crippen LogP contribution in [0.25, 0.3) is 0 Å². The van der Waals surface area contributed by atoms with Crippen LogP contribution in [0.4, 0.5) is 16.2 Å². The van der Waals surface area contributed by atoms with Gasteiger partial charge in [-0.05, 0) is 43.2 Å². The Kier molecular flexibility index (Phi) is 5.27. The van der Waals surface area contributed by atoms with Gasteiger partial charge in [0.05, 0.1) is 12.3 Å². The van der Waals surface area contributed by atoms with Gasteiger partial charge in [0, 0.05) is 37.2 Å². The van der Waals surface area contributed by atoms with Crippen LogP contribution in [0.1, 0.15) is 16.7 Å². The number of hydrogen-bond donors (Lipinski definition) is 1. The third kappa shape index (κ3) is 3.18. The molecule has 0 aromatic heterocycles. The largest absolute Gasteiger partial charge is 0.383 e.